The normalized spacial score (nSPS) is 11.7. The zero-order chi connectivity index (χ0) is 13.9. The van der Waals surface area contributed by atoms with Crippen molar-refractivity contribution in [1.82, 2.24) is 4.72 Å². The lowest BCUT2D eigenvalue weighted by Gasteiger charge is -2.07. The molecule has 1 N–H and O–H groups in total. The maximum Gasteiger partial charge on any atom is 0.243 e. The van der Waals surface area contributed by atoms with Crippen molar-refractivity contribution in [2.45, 2.75) is 11.3 Å². The summed E-state index contributed by atoms with van der Waals surface area (Å²) in [6.45, 7) is 0.144. The third-order valence-electron chi connectivity index (χ3n) is 2.43. The molecule has 2 rings (SSSR count). The maximum atomic E-state index is 13.6. The van der Waals surface area contributed by atoms with Gasteiger partial charge < -0.3 is 4.42 Å². The van der Waals surface area contributed by atoms with Crippen LogP contribution in [0.5, 0.6) is 0 Å². The van der Waals surface area contributed by atoms with Gasteiger partial charge in [-0.15, -0.1) is 0 Å². The van der Waals surface area contributed by atoms with Gasteiger partial charge in [-0.2, -0.15) is 0 Å². The second-order valence-electron chi connectivity index (χ2n) is 3.80. The third-order valence-corrected chi connectivity index (χ3v) is 4.41. The fourth-order valence-electron chi connectivity index (χ4n) is 1.53. The van der Waals surface area contributed by atoms with Gasteiger partial charge in [-0.1, -0.05) is 15.9 Å². The highest BCUT2D eigenvalue weighted by atomic mass is 79.9. The summed E-state index contributed by atoms with van der Waals surface area (Å²) in [5, 5.41) is 0. The topological polar surface area (TPSA) is 59.3 Å². The minimum atomic E-state index is -3.85. The number of sulfonamides is 1. The summed E-state index contributed by atoms with van der Waals surface area (Å²) in [4.78, 5) is -0.366. The highest BCUT2D eigenvalue weighted by molar-refractivity contribution is 9.10. The molecule has 0 atom stereocenters. The van der Waals surface area contributed by atoms with E-state index >= 15 is 0 Å². The van der Waals surface area contributed by atoms with E-state index in [1.165, 1.54) is 18.4 Å². The van der Waals surface area contributed by atoms with Crippen LogP contribution in [0.25, 0.3) is 0 Å². The van der Waals surface area contributed by atoms with Crippen LogP contribution in [0.15, 0.2) is 50.4 Å². The lowest BCUT2D eigenvalue weighted by molar-refractivity contribution is 0.505. The summed E-state index contributed by atoms with van der Waals surface area (Å²) >= 11 is 3.07. The lowest BCUT2D eigenvalue weighted by atomic mass is 10.3. The van der Waals surface area contributed by atoms with E-state index in [1.54, 1.807) is 12.1 Å². The molecule has 102 valence electrons. The first-order chi connectivity index (χ1) is 8.99. The van der Waals surface area contributed by atoms with Crippen molar-refractivity contribution >= 4 is 26.0 Å². The molecule has 0 radical (unpaired) electrons. The Labute approximate surface area is 118 Å². The molecule has 1 aromatic carbocycles. The Morgan fingerprint density at radius 3 is 2.74 bits per heavy atom. The van der Waals surface area contributed by atoms with Gasteiger partial charge in [0.1, 0.15) is 16.5 Å². The predicted molar refractivity (Wildman–Crippen MR) is 71.7 cm³/mol. The molecule has 1 heterocycles. The molecular weight excluding hydrogens is 337 g/mol. The minimum absolute atomic E-state index is 0.144. The van der Waals surface area contributed by atoms with E-state index in [1.807, 2.05) is 0 Å². The Hall–Kier alpha value is -1.18. The van der Waals surface area contributed by atoms with Crippen molar-refractivity contribution in [2.75, 3.05) is 6.54 Å². The van der Waals surface area contributed by atoms with E-state index in [0.29, 0.717) is 16.7 Å². The molecule has 1 aromatic heterocycles. The molecule has 4 nitrogen and oxygen atoms in total. The molecule has 0 saturated heterocycles. The van der Waals surface area contributed by atoms with Gasteiger partial charge in [0, 0.05) is 17.4 Å². The Bertz CT molecular complexity index is 656. The lowest BCUT2D eigenvalue weighted by Crippen LogP contribution is -2.26. The molecule has 0 aliphatic carbocycles. The van der Waals surface area contributed by atoms with E-state index in [-0.39, 0.29) is 11.4 Å². The van der Waals surface area contributed by atoms with Gasteiger partial charge in [-0.25, -0.2) is 17.5 Å². The zero-order valence-electron chi connectivity index (χ0n) is 9.77. The molecule has 0 aliphatic heterocycles. The Balaban J connectivity index is 2.05. The van der Waals surface area contributed by atoms with E-state index in [4.69, 9.17) is 4.42 Å². The summed E-state index contributed by atoms with van der Waals surface area (Å²) in [5.41, 5.74) is 0. The summed E-state index contributed by atoms with van der Waals surface area (Å²) in [6, 6.07) is 7.27. The molecule has 0 amide bonds. The zero-order valence-corrected chi connectivity index (χ0v) is 12.2. The first kappa shape index (κ1) is 14.2. The molecule has 0 bridgehead atoms. The van der Waals surface area contributed by atoms with Crippen LogP contribution in [0.3, 0.4) is 0 Å². The first-order valence-electron chi connectivity index (χ1n) is 5.46. The number of benzene rings is 1. The number of rotatable bonds is 5. The fourth-order valence-corrected chi connectivity index (χ4v) is 2.96. The van der Waals surface area contributed by atoms with Crippen LogP contribution in [-0.2, 0) is 16.4 Å². The van der Waals surface area contributed by atoms with Crippen molar-refractivity contribution < 1.29 is 17.2 Å². The van der Waals surface area contributed by atoms with Crippen LogP contribution in [0.4, 0.5) is 4.39 Å². The molecule has 0 aliphatic rings. The van der Waals surface area contributed by atoms with Crippen molar-refractivity contribution in [2.24, 2.45) is 0 Å². The smallest absolute Gasteiger partial charge is 0.243 e. The van der Waals surface area contributed by atoms with Crippen molar-refractivity contribution in [1.29, 1.82) is 0 Å². The Morgan fingerprint density at radius 1 is 1.32 bits per heavy atom. The number of nitrogens with one attached hydrogen (secondary N) is 1. The van der Waals surface area contributed by atoms with Crippen LogP contribution in [0, 0.1) is 5.82 Å². The Kier molecular flexibility index (Phi) is 4.38. The molecule has 0 saturated carbocycles. The summed E-state index contributed by atoms with van der Waals surface area (Å²) in [7, 11) is -3.85. The van der Waals surface area contributed by atoms with Crippen LogP contribution < -0.4 is 4.72 Å². The third kappa shape index (κ3) is 3.65. The summed E-state index contributed by atoms with van der Waals surface area (Å²) < 4.78 is 45.3. The molecular formula is C12H11BrFNO3S. The number of hydrogen-bond acceptors (Lipinski definition) is 3. The van der Waals surface area contributed by atoms with Crippen LogP contribution in [0.2, 0.25) is 0 Å². The van der Waals surface area contributed by atoms with Crippen molar-refractivity contribution in [3.63, 3.8) is 0 Å². The van der Waals surface area contributed by atoms with E-state index in [0.717, 1.165) is 6.07 Å². The SMILES string of the molecule is O=S(=O)(NCCc1ccco1)c1ccc(Br)cc1F. The molecule has 0 unspecified atom stereocenters. The van der Waals surface area contributed by atoms with Gasteiger partial charge in [0.05, 0.1) is 6.26 Å². The second-order valence-corrected chi connectivity index (χ2v) is 6.45. The van der Waals surface area contributed by atoms with Crippen molar-refractivity contribution in [3.8, 4) is 0 Å². The van der Waals surface area contributed by atoms with Gasteiger partial charge in [0.25, 0.3) is 0 Å². The minimum Gasteiger partial charge on any atom is -0.469 e. The van der Waals surface area contributed by atoms with Crippen LogP contribution in [0.1, 0.15) is 5.76 Å². The molecule has 7 heteroatoms. The van der Waals surface area contributed by atoms with Crippen LogP contribution >= 0.6 is 15.9 Å². The average Bonchev–Trinajstić information content (AvgIpc) is 2.81. The van der Waals surface area contributed by atoms with Gasteiger partial charge in [0.15, 0.2) is 0 Å². The second kappa shape index (κ2) is 5.85. The van der Waals surface area contributed by atoms with Gasteiger partial charge >= 0.3 is 0 Å². The van der Waals surface area contributed by atoms with E-state index < -0.39 is 15.8 Å². The molecule has 0 spiro atoms. The number of hydrogen-bond donors (Lipinski definition) is 1. The highest BCUT2D eigenvalue weighted by Gasteiger charge is 2.18. The number of furan rings is 1. The molecule has 2 aromatic rings. The summed E-state index contributed by atoms with van der Waals surface area (Å²) in [6.07, 6.45) is 1.92. The van der Waals surface area contributed by atoms with Gasteiger partial charge in [-0.05, 0) is 30.3 Å². The monoisotopic (exact) mass is 347 g/mol. The number of halogens is 2. The fraction of sp³-hybridized carbons (Fsp3) is 0.167. The standard InChI is InChI=1S/C12H11BrFNO3S/c13-9-3-4-12(11(14)8-9)19(16,17)15-6-5-10-2-1-7-18-10/h1-4,7-8,15H,5-6H2. The van der Waals surface area contributed by atoms with Crippen molar-refractivity contribution in [3.05, 3.63) is 52.6 Å². The van der Waals surface area contributed by atoms with E-state index in [2.05, 4.69) is 20.7 Å². The van der Waals surface area contributed by atoms with Gasteiger partial charge in [0.2, 0.25) is 10.0 Å². The molecule has 19 heavy (non-hydrogen) atoms. The highest BCUT2D eigenvalue weighted by Crippen LogP contribution is 2.19. The predicted octanol–water partition coefficient (Wildman–Crippen LogP) is 2.70. The average molecular weight is 348 g/mol. The Morgan fingerprint density at radius 2 is 2.11 bits per heavy atom. The van der Waals surface area contributed by atoms with E-state index in [9.17, 15) is 12.8 Å². The quantitative estimate of drug-likeness (QED) is 0.904. The molecule has 0 fully saturated rings. The van der Waals surface area contributed by atoms with Crippen LogP contribution in [-0.4, -0.2) is 15.0 Å². The largest absolute Gasteiger partial charge is 0.469 e. The first-order valence-corrected chi connectivity index (χ1v) is 7.74. The van der Waals surface area contributed by atoms with Gasteiger partial charge in [-0.3, -0.25) is 0 Å². The summed E-state index contributed by atoms with van der Waals surface area (Å²) in [5.74, 6) is -0.126. The maximum absolute atomic E-state index is 13.6.